The Hall–Kier alpha value is -3.36. The Labute approximate surface area is 181 Å². The van der Waals surface area contributed by atoms with Crippen molar-refractivity contribution in [1.29, 1.82) is 5.26 Å². The highest BCUT2D eigenvalue weighted by Gasteiger charge is 2.51. The van der Waals surface area contributed by atoms with Gasteiger partial charge < -0.3 is 14.4 Å². The molecule has 1 N–H and O–H groups in total. The number of hydrogen-bond acceptors (Lipinski definition) is 4. The highest BCUT2D eigenvalue weighted by molar-refractivity contribution is 5.50. The molecule has 2 aromatic carbocycles. The summed E-state index contributed by atoms with van der Waals surface area (Å²) in [5.74, 6) is 0.125. The molecule has 1 aliphatic heterocycles. The molecule has 1 aromatic heterocycles. The number of rotatable bonds is 3. The van der Waals surface area contributed by atoms with Gasteiger partial charge in [-0.2, -0.15) is 5.26 Å². The first kappa shape index (κ1) is 19.6. The predicted molar refractivity (Wildman–Crippen MR) is 117 cm³/mol. The van der Waals surface area contributed by atoms with Gasteiger partial charge in [0.25, 0.3) is 5.56 Å². The lowest BCUT2D eigenvalue weighted by molar-refractivity contribution is -0.0715. The highest BCUT2D eigenvalue weighted by atomic mass is 16.5. The second-order valence-electron chi connectivity index (χ2n) is 8.54. The summed E-state index contributed by atoms with van der Waals surface area (Å²) in [5.41, 5.74) is 1.96. The average molecular weight is 412 g/mol. The molecular weight excluding hydrogens is 388 g/mol. The van der Waals surface area contributed by atoms with Gasteiger partial charge in [0.1, 0.15) is 17.5 Å². The monoisotopic (exact) mass is 412 g/mol. The van der Waals surface area contributed by atoms with Crippen molar-refractivity contribution in [1.82, 2.24) is 4.57 Å². The summed E-state index contributed by atoms with van der Waals surface area (Å²) >= 11 is 0. The minimum atomic E-state index is -0.850. The van der Waals surface area contributed by atoms with E-state index in [0.717, 1.165) is 31.2 Å². The largest absolute Gasteiger partial charge is 0.484 e. The van der Waals surface area contributed by atoms with Crippen LogP contribution in [0.15, 0.2) is 71.7 Å². The molecule has 0 radical (unpaired) electrons. The Kier molecular flexibility index (Phi) is 4.88. The molecule has 5 rings (SSSR count). The second kappa shape index (κ2) is 7.72. The number of nitriles is 1. The Bertz CT molecular complexity index is 1200. The molecule has 5 heteroatoms. The predicted octanol–water partition coefficient (Wildman–Crippen LogP) is 3.97. The van der Waals surface area contributed by atoms with Crippen molar-refractivity contribution in [2.24, 2.45) is 0 Å². The molecule has 1 saturated carbocycles. The van der Waals surface area contributed by atoms with E-state index in [1.54, 1.807) is 35.0 Å². The van der Waals surface area contributed by atoms with E-state index in [1.165, 1.54) is 0 Å². The van der Waals surface area contributed by atoms with Gasteiger partial charge in [0, 0.05) is 23.2 Å². The minimum Gasteiger partial charge on any atom is -0.484 e. The topological polar surface area (TPSA) is 75.2 Å². The van der Waals surface area contributed by atoms with E-state index in [1.807, 2.05) is 36.4 Å². The van der Waals surface area contributed by atoms with Gasteiger partial charge in [0.2, 0.25) is 0 Å². The van der Waals surface area contributed by atoms with Gasteiger partial charge in [-0.3, -0.25) is 4.79 Å². The summed E-state index contributed by atoms with van der Waals surface area (Å²) in [6.07, 6.45) is 4.43. The first-order chi connectivity index (χ1) is 15.1. The fourth-order valence-electron chi connectivity index (χ4n) is 5.11. The van der Waals surface area contributed by atoms with Gasteiger partial charge in [-0.15, -0.1) is 0 Å². The molecule has 1 aliphatic carbocycles. The van der Waals surface area contributed by atoms with E-state index in [-0.39, 0.29) is 5.56 Å². The summed E-state index contributed by atoms with van der Waals surface area (Å²) < 4.78 is 8.02. The number of aliphatic hydroxyl groups is 1. The Balaban J connectivity index is 1.64. The first-order valence-corrected chi connectivity index (χ1v) is 10.8. The van der Waals surface area contributed by atoms with E-state index < -0.39 is 17.6 Å². The molecule has 31 heavy (non-hydrogen) atoms. The number of ether oxygens (including phenoxy) is 1. The Morgan fingerprint density at radius 1 is 1.06 bits per heavy atom. The Morgan fingerprint density at radius 3 is 2.58 bits per heavy atom. The lowest BCUT2D eigenvalue weighted by Gasteiger charge is -2.44. The maximum Gasteiger partial charge on any atom is 0.254 e. The van der Waals surface area contributed by atoms with Crippen LogP contribution in [0, 0.1) is 11.3 Å². The van der Waals surface area contributed by atoms with Gasteiger partial charge in [-0.1, -0.05) is 36.4 Å². The summed E-state index contributed by atoms with van der Waals surface area (Å²) in [6.45, 7) is 0.461. The zero-order valence-corrected chi connectivity index (χ0v) is 17.2. The van der Waals surface area contributed by atoms with Crippen LogP contribution in [0.2, 0.25) is 0 Å². The molecule has 5 nitrogen and oxygen atoms in total. The third kappa shape index (κ3) is 3.34. The second-order valence-corrected chi connectivity index (χ2v) is 8.54. The van der Waals surface area contributed by atoms with Crippen molar-refractivity contribution in [3.8, 4) is 11.8 Å². The maximum absolute atomic E-state index is 13.5. The van der Waals surface area contributed by atoms with Crippen LogP contribution in [-0.4, -0.2) is 21.4 Å². The molecule has 2 heterocycles. The molecule has 0 amide bonds. The lowest BCUT2D eigenvalue weighted by atomic mass is 9.75. The summed E-state index contributed by atoms with van der Waals surface area (Å²) in [6, 6.07) is 20.9. The van der Waals surface area contributed by atoms with Crippen LogP contribution in [-0.2, 0) is 6.54 Å². The molecular formula is C26H24N2O3. The average Bonchev–Trinajstić information content (AvgIpc) is 3.26. The number of aliphatic hydroxyl groups excluding tert-OH is 1. The Morgan fingerprint density at radius 2 is 1.84 bits per heavy atom. The standard InChI is InChI=1S/C26H24N2O3/c27-16-19-10-11-22-21(15-19)23(24(29)26(31-22)12-4-5-13-26)20-9-6-14-28(25(20)30)17-18-7-2-1-3-8-18/h1-3,6-11,14-15,23-24,29H,4-5,12-13,17H2. The number of hydrogen-bond donors (Lipinski definition) is 1. The third-order valence-electron chi connectivity index (χ3n) is 6.67. The SMILES string of the molecule is N#Cc1ccc2c(c1)C(c1cccn(Cc3ccccc3)c1=O)C(O)C1(CCCC1)O2. The van der Waals surface area contributed by atoms with Gasteiger partial charge in [-0.25, -0.2) is 0 Å². The molecule has 1 spiro atoms. The number of nitrogens with zero attached hydrogens (tertiary/aromatic N) is 2. The maximum atomic E-state index is 13.5. The molecule has 2 aliphatic rings. The van der Waals surface area contributed by atoms with Crippen LogP contribution in [0.5, 0.6) is 5.75 Å². The highest BCUT2D eigenvalue weighted by Crippen LogP contribution is 2.50. The van der Waals surface area contributed by atoms with E-state index in [9.17, 15) is 15.2 Å². The van der Waals surface area contributed by atoms with Gasteiger partial charge in [0.15, 0.2) is 0 Å². The fourth-order valence-corrected chi connectivity index (χ4v) is 5.11. The number of benzene rings is 2. The summed E-state index contributed by atoms with van der Waals surface area (Å²) in [7, 11) is 0. The molecule has 2 atom stereocenters. The normalized spacial score (nSPS) is 21.3. The molecule has 0 bridgehead atoms. The van der Waals surface area contributed by atoms with E-state index >= 15 is 0 Å². The smallest absolute Gasteiger partial charge is 0.254 e. The van der Waals surface area contributed by atoms with Gasteiger partial charge >= 0.3 is 0 Å². The van der Waals surface area contributed by atoms with Crippen LogP contribution in [0.4, 0.5) is 0 Å². The number of pyridine rings is 1. The number of fused-ring (bicyclic) bond motifs is 1. The van der Waals surface area contributed by atoms with Crippen molar-refractivity contribution >= 4 is 0 Å². The molecule has 0 saturated heterocycles. The van der Waals surface area contributed by atoms with Crippen molar-refractivity contribution < 1.29 is 9.84 Å². The minimum absolute atomic E-state index is 0.126. The van der Waals surface area contributed by atoms with Crippen LogP contribution in [0.25, 0.3) is 0 Å². The third-order valence-corrected chi connectivity index (χ3v) is 6.67. The fraction of sp³-hybridized carbons (Fsp3) is 0.308. The van der Waals surface area contributed by atoms with Crippen molar-refractivity contribution in [2.45, 2.75) is 49.9 Å². The van der Waals surface area contributed by atoms with E-state index in [0.29, 0.717) is 29.0 Å². The lowest BCUT2D eigenvalue weighted by Crippen LogP contribution is -2.52. The van der Waals surface area contributed by atoms with Gasteiger partial charge in [0.05, 0.1) is 18.2 Å². The summed E-state index contributed by atoms with van der Waals surface area (Å²) in [5, 5.41) is 20.9. The van der Waals surface area contributed by atoms with Crippen molar-refractivity contribution in [2.75, 3.05) is 0 Å². The molecule has 3 aromatic rings. The van der Waals surface area contributed by atoms with Crippen LogP contribution >= 0.6 is 0 Å². The van der Waals surface area contributed by atoms with Crippen molar-refractivity contribution in [3.05, 3.63) is 99.5 Å². The number of aromatic nitrogens is 1. The van der Waals surface area contributed by atoms with Crippen LogP contribution in [0.3, 0.4) is 0 Å². The molecule has 156 valence electrons. The zero-order valence-electron chi connectivity index (χ0n) is 17.2. The first-order valence-electron chi connectivity index (χ1n) is 10.8. The molecule has 1 fully saturated rings. The molecule has 2 unspecified atom stereocenters. The van der Waals surface area contributed by atoms with E-state index in [2.05, 4.69) is 6.07 Å². The zero-order chi connectivity index (χ0) is 21.4. The van der Waals surface area contributed by atoms with Gasteiger partial charge in [-0.05, 0) is 55.5 Å². The quantitative estimate of drug-likeness (QED) is 0.706. The summed E-state index contributed by atoms with van der Waals surface area (Å²) in [4.78, 5) is 13.5. The van der Waals surface area contributed by atoms with Crippen LogP contribution in [0.1, 0.15) is 53.9 Å². The van der Waals surface area contributed by atoms with Crippen molar-refractivity contribution in [3.63, 3.8) is 0 Å². The van der Waals surface area contributed by atoms with E-state index in [4.69, 9.17) is 4.74 Å². The van der Waals surface area contributed by atoms with Crippen LogP contribution < -0.4 is 10.3 Å².